The molecule has 0 radical (unpaired) electrons. The summed E-state index contributed by atoms with van der Waals surface area (Å²) in [5.41, 5.74) is -0.0157. The van der Waals surface area contributed by atoms with E-state index in [4.69, 9.17) is 11.6 Å². The van der Waals surface area contributed by atoms with E-state index in [0.29, 0.717) is 18.0 Å². The molecule has 21 heavy (non-hydrogen) atoms. The van der Waals surface area contributed by atoms with Gasteiger partial charge in [0.05, 0.1) is 11.5 Å². The van der Waals surface area contributed by atoms with Gasteiger partial charge in [0.2, 0.25) is 0 Å². The predicted octanol–water partition coefficient (Wildman–Crippen LogP) is 2.91. The van der Waals surface area contributed by atoms with Gasteiger partial charge in [-0.2, -0.15) is 0 Å². The Morgan fingerprint density at radius 1 is 1.43 bits per heavy atom. The zero-order valence-electron chi connectivity index (χ0n) is 12.1. The molecule has 114 valence electrons. The molecule has 1 aliphatic rings. The monoisotopic (exact) mass is 310 g/mol. The van der Waals surface area contributed by atoms with E-state index in [-0.39, 0.29) is 18.6 Å². The minimum atomic E-state index is -0.864. The van der Waals surface area contributed by atoms with Crippen molar-refractivity contribution in [2.45, 2.75) is 26.3 Å². The summed E-state index contributed by atoms with van der Waals surface area (Å²) in [5, 5.41) is 12.7. The zero-order chi connectivity index (χ0) is 15.6. The Labute approximate surface area is 128 Å². The summed E-state index contributed by atoms with van der Waals surface area (Å²) in [4.78, 5) is 25.0. The third-order valence-electron chi connectivity index (χ3n) is 3.99. The third-order valence-corrected chi connectivity index (χ3v) is 4.33. The highest BCUT2D eigenvalue weighted by molar-refractivity contribution is 6.31. The minimum absolute atomic E-state index is 0.226. The molecule has 1 saturated heterocycles. The number of likely N-dealkylation sites (tertiary alicyclic amines) is 1. The van der Waals surface area contributed by atoms with E-state index in [9.17, 15) is 14.7 Å². The van der Waals surface area contributed by atoms with Gasteiger partial charge < -0.3 is 15.3 Å². The molecule has 2 rings (SSSR count). The lowest BCUT2D eigenvalue weighted by atomic mass is 9.90. The van der Waals surface area contributed by atoms with E-state index in [1.807, 2.05) is 25.1 Å². The maximum Gasteiger partial charge on any atom is 0.317 e. The lowest BCUT2D eigenvalue weighted by Gasteiger charge is -2.23. The fourth-order valence-corrected chi connectivity index (χ4v) is 2.79. The van der Waals surface area contributed by atoms with Gasteiger partial charge in [0.1, 0.15) is 0 Å². The van der Waals surface area contributed by atoms with Crippen LogP contribution in [0.5, 0.6) is 0 Å². The molecule has 0 aromatic heterocycles. The number of nitrogens with one attached hydrogen (secondary N) is 1. The Hall–Kier alpha value is -1.75. The van der Waals surface area contributed by atoms with Gasteiger partial charge in [-0.1, -0.05) is 29.8 Å². The molecule has 2 atom stereocenters. The fraction of sp³-hybridized carbons (Fsp3) is 0.467. The summed E-state index contributed by atoms with van der Waals surface area (Å²) in [5.74, 6) is -0.864. The van der Waals surface area contributed by atoms with Gasteiger partial charge >= 0.3 is 12.0 Å². The number of amides is 2. The van der Waals surface area contributed by atoms with Crippen molar-refractivity contribution >= 4 is 23.6 Å². The maximum atomic E-state index is 12.2. The van der Waals surface area contributed by atoms with Crippen LogP contribution < -0.4 is 5.32 Å². The molecule has 2 N–H and O–H groups in total. The number of halogens is 1. The van der Waals surface area contributed by atoms with Crippen LogP contribution in [0.2, 0.25) is 5.02 Å². The number of aliphatic carboxylic acids is 1. The van der Waals surface area contributed by atoms with Crippen LogP contribution in [-0.4, -0.2) is 35.1 Å². The van der Waals surface area contributed by atoms with E-state index in [1.54, 1.807) is 17.9 Å². The van der Waals surface area contributed by atoms with E-state index in [2.05, 4.69) is 5.32 Å². The predicted molar refractivity (Wildman–Crippen MR) is 80.3 cm³/mol. The number of urea groups is 1. The molecule has 1 aromatic rings. The van der Waals surface area contributed by atoms with Gasteiger partial charge in [-0.3, -0.25) is 4.79 Å². The number of carboxylic acids is 1. The number of benzene rings is 1. The van der Waals surface area contributed by atoms with Gasteiger partial charge in [0, 0.05) is 18.1 Å². The second-order valence-corrected chi connectivity index (χ2v) is 6.14. The topological polar surface area (TPSA) is 69.6 Å². The Morgan fingerprint density at radius 2 is 2.10 bits per heavy atom. The van der Waals surface area contributed by atoms with Crippen LogP contribution >= 0.6 is 11.6 Å². The molecule has 1 aromatic carbocycles. The quantitative estimate of drug-likeness (QED) is 0.902. The second-order valence-electron chi connectivity index (χ2n) is 5.73. The van der Waals surface area contributed by atoms with E-state index >= 15 is 0 Å². The van der Waals surface area contributed by atoms with Crippen molar-refractivity contribution in [3.05, 3.63) is 34.9 Å². The van der Waals surface area contributed by atoms with Gasteiger partial charge in [-0.15, -0.1) is 0 Å². The van der Waals surface area contributed by atoms with Gasteiger partial charge in [-0.25, -0.2) is 4.79 Å². The van der Waals surface area contributed by atoms with Crippen molar-refractivity contribution in [2.75, 3.05) is 13.1 Å². The first-order valence-electron chi connectivity index (χ1n) is 6.87. The first kappa shape index (κ1) is 15.6. The van der Waals surface area contributed by atoms with Crippen LogP contribution in [-0.2, 0) is 4.79 Å². The molecule has 1 heterocycles. The van der Waals surface area contributed by atoms with Crippen molar-refractivity contribution in [2.24, 2.45) is 5.41 Å². The van der Waals surface area contributed by atoms with E-state index in [0.717, 1.165) is 5.56 Å². The summed E-state index contributed by atoms with van der Waals surface area (Å²) in [6, 6.07) is 6.84. The molecule has 1 fully saturated rings. The van der Waals surface area contributed by atoms with E-state index < -0.39 is 11.4 Å². The van der Waals surface area contributed by atoms with Crippen molar-refractivity contribution in [1.82, 2.24) is 10.2 Å². The summed E-state index contributed by atoms with van der Waals surface area (Å²) in [6.45, 7) is 4.19. The number of rotatable bonds is 3. The number of carbonyl (C=O) groups excluding carboxylic acids is 1. The van der Waals surface area contributed by atoms with Gasteiger partial charge in [-0.05, 0) is 31.9 Å². The van der Waals surface area contributed by atoms with Crippen LogP contribution in [0.25, 0.3) is 0 Å². The highest BCUT2D eigenvalue weighted by atomic mass is 35.5. The van der Waals surface area contributed by atoms with Crippen LogP contribution in [0.15, 0.2) is 24.3 Å². The highest BCUT2D eigenvalue weighted by Gasteiger charge is 2.42. The average molecular weight is 311 g/mol. The number of hydrogen-bond acceptors (Lipinski definition) is 2. The van der Waals surface area contributed by atoms with Crippen molar-refractivity contribution in [3.8, 4) is 0 Å². The van der Waals surface area contributed by atoms with Gasteiger partial charge in [0.25, 0.3) is 0 Å². The van der Waals surface area contributed by atoms with Crippen molar-refractivity contribution in [3.63, 3.8) is 0 Å². The Kier molecular flexibility index (Phi) is 4.42. The van der Waals surface area contributed by atoms with Gasteiger partial charge in [0.15, 0.2) is 0 Å². The summed E-state index contributed by atoms with van der Waals surface area (Å²) in [6.07, 6.45) is 0.468. The Morgan fingerprint density at radius 3 is 2.67 bits per heavy atom. The number of hydrogen-bond donors (Lipinski definition) is 2. The highest BCUT2D eigenvalue weighted by Crippen LogP contribution is 2.30. The van der Waals surface area contributed by atoms with Crippen LogP contribution in [0.4, 0.5) is 4.79 Å². The average Bonchev–Trinajstić information content (AvgIpc) is 2.83. The molecule has 1 aliphatic heterocycles. The smallest absolute Gasteiger partial charge is 0.317 e. The van der Waals surface area contributed by atoms with Crippen molar-refractivity contribution < 1.29 is 14.7 Å². The molecule has 0 aliphatic carbocycles. The molecule has 0 saturated carbocycles. The molecule has 5 nitrogen and oxygen atoms in total. The number of nitrogens with zero attached hydrogens (tertiary/aromatic N) is 1. The maximum absolute atomic E-state index is 12.2. The largest absolute Gasteiger partial charge is 0.481 e. The SMILES string of the molecule is C[C@@H](NC(=O)N1CCC(C)(C(=O)O)C1)c1ccccc1Cl. The first-order valence-corrected chi connectivity index (χ1v) is 7.24. The van der Waals surface area contributed by atoms with Crippen LogP contribution in [0.1, 0.15) is 31.9 Å². The summed E-state index contributed by atoms with van der Waals surface area (Å²) in [7, 11) is 0. The molecule has 0 bridgehead atoms. The fourth-order valence-electron chi connectivity index (χ4n) is 2.49. The lowest BCUT2D eigenvalue weighted by molar-refractivity contribution is -0.146. The van der Waals surface area contributed by atoms with Crippen LogP contribution in [0.3, 0.4) is 0 Å². The molecular formula is C15H19ClN2O3. The van der Waals surface area contributed by atoms with Crippen molar-refractivity contribution in [1.29, 1.82) is 0 Å². The normalized spacial score (nSPS) is 22.9. The van der Waals surface area contributed by atoms with Crippen LogP contribution in [0, 0.1) is 5.41 Å². The number of carbonyl (C=O) groups is 2. The first-order chi connectivity index (χ1) is 9.83. The summed E-state index contributed by atoms with van der Waals surface area (Å²) < 4.78 is 0. The molecule has 0 spiro atoms. The second kappa shape index (κ2) is 5.93. The Balaban J connectivity index is 2.00. The third kappa shape index (κ3) is 3.29. The number of carboxylic acid groups (broad SMARTS) is 1. The standard InChI is InChI=1S/C15H19ClN2O3/c1-10(11-5-3-4-6-12(11)16)17-14(21)18-8-7-15(2,9-18)13(19)20/h3-6,10H,7-9H2,1-2H3,(H,17,21)(H,19,20)/t10-,15?/m1/s1. The Bertz CT molecular complexity index is 564. The lowest BCUT2D eigenvalue weighted by Crippen LogP contribution is -2.41. The molecular weight excluding hydrogens is 292 g/mol. The molecule has 2 amide bonds. The van der Waals surface area contributed by atoms with E-state index in [1.165, 1.54) is 0 Å². The molecule has 6 heteroatoms. The molecule has 1 unspecified atom stereocenters. The minimum Gasteiger partial charge on any atom is -0.481 e. The zero-order valence-corrected chi connectivity index (χ0v) is 12.9. The summed E-state index contributed by atoms with van der Waals surface area (Å²) >= 11 is 6.11.